The minimum absolute atomic E-state index is 0.0733. The highest BCUT2D eigenvalue weighted by Crippen LogP contribution is 2.47. The largest absolute Gasteiger partial charge is 0.315 e. The molecule has 4 rings (SSSR count). The average molecular weight is 327 g/mol. The topological polar surface area (TPSA) is 62.3 Å². The number of rotatable bonds is 2. The fourth-order valence-electron chi connectivity index (χ4n) is 3.36. The molecule has 0 aliphatic carbocycles. The number of carbonyl (C=O) groups excluding carboxylic acids is 2. The number of nitrogens with zero attached hydrogens (tertiary/aromatic N) is 2. The van der Waals surface area contributed by atoms with Crippen LogP contribution in [0.5, 0.6) is 0 Å². The van der Waals surface area contributed by atoms with Crippen molar-refractivity contribution in [3.63, 3.8) is 0 Å². The second-order valence-electron chi connectivity index (χ2n) is 6.14. The molecule has 2 fully saturated rings. The van der Waals surface area contributed by atoms with Gasteiger partial charge in [0, 0.05) is 17.6 Å². The Morgan fingerprint density at radius 3 is 3.04 bits per heavy atom. The molecule has 1 N–H and O–H groups in total. The molecule has 1 aromatic heterocycles. The SMILES string of the molecule is CC12CCC(=O)N1C(C(=O)Nc1ccc3ccccc3n1)CS2. The molecule has 2 aliphatic heterocycles. The lowest BCUT2D eigenvalue weighted by Gasteiger charge is -2.29. The molecular weight excluding hydrogens is 310 g/mol. The maximum absolute atomic E-state index is 12.6. The zero-order valence-electron chi connectivity index (χ0n) is 12.8. The summed E-state index contributed by atoms with van der Waals surface area (Å²) in [5.41, 5.74) is 0.841. The number of para-hydroxylation sites is 1. The van der Waals surface area contributed by atoms with Crippen LogP contribution in [0.25, 0.3) is 10.9 Å². The number of benzene rings is 1. The molecule has 23 heavy (non-hydrogen) atoms. The quantitative estimate of drug-likeness (QED) is 0.921. The zero-order valence-corrected chi connectivity index (χ0v) is 13.6. The molecule has 5 nitrogen and oxygen atoms in total. The molecule has 2 unspecified atom stereocenters. The van der Waals surface area contributed by atoms with Gasteiger partial charge in [0.25, 0.3) is 0 Å². The van der Waals surface area contributed by atoms with Gasteiger partial charge in [-0.1, -0.05) is 18.2 Å². The van der Waals surface area contributed by atoms with Gasteiger partial charge in [-0.25, -0.2) is 4.98 Å². The van der Waals surface area contributed by atoms with Crippen LogP contribution in [0.15, 0.2) is 36.4 Å². The third kappa shape index (κ3) is 2.37. The summed E-state index contributed by atoms with van der Waals surface area (Å²) in [4.78, 5) is 30.7. The maximum Gasteiger partial charge on any atom is 0.249 e. The van der Waals surface area contributed by atoms with Crippen molar-refractivity contribution in [2.75, 3.05) is 11.1 Å². The first kappa shape index (κ1) is 14.5. The summed E-state index contributed by atoms with van der Waals surface area (Å²) in [6.07, 6.45) is 1.34. The summed E-state index contributed by atoms with van der Waals surface area (Å²) < 4.78 is 0. The van der Waals surface area contributed by atoms with Crippen molar-refractivity contribution in [3.8, 4) is 0 Å². The van der Waals surface area contributed by atoms with Crippen molar-refractivity contribution < 1.29 is 9.59 Å². The van der Waals surface area contributed by atoms with Gasteiger partial charge >= 0.3 is 0 Å². The number of nitrogens with one attached hydrogen (secondary N) is 1. The number of amides is 2. The van der Waals surface area contributed by atoms with Gasteiger partial charge in [-0.05, 0) is 31.5 Å². The summed E-state index contributed by atoms with van der Waals surface area (Å²) in [5, 5.41) is 3.90. The Morgan fingerprint density at radius 1 is 1.35 bits per heavy atom. The van der Waals surface area contributed by atoms with Gasteiger partial charge in [0.05, 0.1) is 10.4 Å². The van der Waals surface area contributed by atoms with Gasteiger partial charge in [0.1, 0.15) is 11.9 Å². The molecule has 118 valence electrons. The molecule has 2 amide bonds. The van der Waals surface area contributed by atoms with E-state index in [2.05, 4.69) is 10.3 Å². The van der Waals surface area contributed by atoms with Gasteiger partial charge < -0.3 is 10.2 Å². The molecule has 2 aromatic rings. The number of fused-ring (bicyclic) bond motifs is 2. The Morgan fingerprint density at radius 2 is 2.17 bits per heavy atom. The molecule has 2 aliphatic rings. The molecule has 0 spiro atoms. The minimum Gasteiger partial charge on any atom is -0.315 e. The standard InChI is InChI=1S/C17H17N3O2S/c1-17-9-8-15(21)20(17)13(10-23-17)16(22)19-14-7-6-11-4-2-3-5-12(11)18-14/h2-7,13H,8-10H2,1H3,(H,18,19,22). The fraction of sp³-hybridized carbons (Fsp3) is 0.353. The van der Waals surface area contributed by atoms with E-state index in [0.717, 1.165) is 17.3 Å². The van der Waals surface area contributed by atoms with Gasteiger partial charge in [-0.3, -0.25) is 9.59 Å². The van der Waals surface area contributed by atoms with E-state index < -0.39 is 6.04 Å². The van der Waals surface area contributed by atoms with Crippen molar-refractivity contribution >= 4 is 40.3 Å². The van der Waals surface area contributed by atoms with Crippen LogP contribution >= 0.6 is 11.8 Å². The van der Waals surface area contributed by atoms with E-state index in [0.29, 0.717) is 18.0 Å². The van der Waals surface area contributed by atoms with Crippen LogP contribution < -0.4 is 5.32 Å². The number of aromatic nitrogens is 1. The number of hydrogen-bond donors (Lipinski definition) is 1. The molecule has 3 heterocycles. The van der Waals surface area contributed by atoms with E-state index >= 15 is 0 Å². The van der Waals surface area contributed by atoms with Gasteiger partial charge in [-0.15, -0.1) is 11.8 Å². The second kappa shape index (κ2) is 5.23. The predicted octanol–water partition coefficient (Wildman–Crippen LogP) is 2.63. The van der Waals surface area contributed by atoms with E-state index in [4.69, 9.17) is 0 Å². The molecule has 2 saturated heterocycles. The third-order valence-corrected chi connectivity index (χ3v) is 6.10. The Labute approximate surface area is 138 Å². The van der Waals surface area contributed by atoms with E-state index in [1.807, 2.05) is 37.3 Å². The lowest BCUT2D eigenvalue weighted by Crippen LogP contribution is -2.48. The van der Waals surface area contributed by atoms with Crippen molar-refractivity contribution in [2.45, 2.75) is 30.7 Å². The van der Waals surface area contributed by atoms with E-state index in [9.17, 15) is 9.59 Å². The highest BCUT2D eigenvalue weighted by atomic mass is 32.2. The summed E-state index contributed by atoms with van der Waals surface area (Å²) in [5.74, 6) is 1.09. The zero-order chi connectivity index (χ0) is 16.0. The van der Waals surface area contributed by atoms with Gasteiger partial charge in [0.15, 0.2) is 0 Å². The number of carbonyl (C=O) groups is 2. The van der Waals surface area contributed by atoms with E-state index in [1.54, 1.807) is 22.7 Å². The highest BCUT2D eigenvalue weighted by molar-refractivity contribution is 8.01. The van der Waals surface area contributed by atoms with E-state index in [-0.39, 0.29) is 16.7 Å². The van der Waals surface area contributed by atoms with Crippen molar-refractivity contribution in [2.24, 2.45) is 0 Å². The van der Waals surface area contributed by atoms with Crippen LogP contribution in [-0.2, 0) is 9.59 Å². The summed E-state index contributed by atoms with van der Waals surface area (Å²) in [7, 11) is 0. The van der Waals surface area contributed by atoms with Crippen LogP contribution in [0.1, 0.15) is 19.8 Å². The molecule has 0 radical (unpaired) electrons. The molecular formula is C17H17N3O2S. The first-order chi connectivity index (χ1) is 11.1. The number of pyridine rings is 1. The molecule has 6 heteroatoms. The average Bonchev–Trinajstić information content (AvgIpc) is 3.04. The van der Waals surface area contributed by atoms with Crippen LogP contribution in [0.3, 0.4) is 0 Å². The normalized spacial score (nSPS) is 26.6. The van der Waals surface area contributed by atoms with Crippen LogP contribution in [0, 0.1) is 0 Å². The summed E-state index contributed by atoms with van der Waals surface area (Å²) in [6.45, 7) is 2.05. The number of hydrogen-bond acceptors (Lipinski definition) is 4. The van der Waals surface area contributed by atoms with Crippen molar-refractivity contribution in [1.82, 2.24) is 9.88 Å². The van der Waals surface area contributed by atoms with Crippen molar-refractivity contribution in [3.05, 3.63) is 36.4 Å². The summed E-state index contributed by atoms with van der Waals surface area (Å²) >= 11 is 1.69. The minimum atomic E-state index is -0.409. The Balaban J connectivity index is 1.56. The molecule has 1 aromatic carbocycles. The van der Waals surface area contributed by atoms with Crippen LogP contribution in [0.4, 0.5) is 5.82 Å². The fourth-order valence-corrected chi connectivity index (χ4v) is 4.79. The lowest BCUT2D eigenvalue weighted by atomic mass is 10.2. The second-order valence-corrected chi connectivity index (χ2v) is 7.65. The molecule has 0 bridgehead atoms. The van der Waals surface area contributed by atoms with Crippen LogP contribution in [-0.4, -0.2) is 38.4 Å². The molecule has 0 saturated carbocycles. The first-order valence-electron chi connectivity index (χ1n) is 7.70. The highest BCUT2D eigenvalue weighted by Gasteiger charge is 2.52. The predicted molar refractivity (Wildman–Crippen MR) is 91.1 cm³/mol. The van der Waals surface area contributed by atoms with E-state index in [1.165, 1.54) is 0 Å². The monoisotopic (exact) mass is 327 g/mol. The van der Waals surface area contributed by atoms with Gasteiger partial charge in [0.2, 0.25) is 11.8 Å². The maximum atomic E-state index is 12.6. The first-order valence-corrected chi connectivity index (χ1v) is 8.68. The van der Waals surface area contributed by atoms with Crippen molar-refractivity contribution in [1.29, 1.82) is 0 Å². The number of anilines is 1. The van der Waals surface area contributed by atoms with Gasteiger partial charge in [-0.2, -0.15) is 0 Å². The Hall–Kier alpha value is -2.08. The third-order valence-electron chi connectivity index (χ3n) is 4.60. The lowest BCUT2D eigenvalue weighted by molar-refractivity contribution is -0.135. The molecule has 2 atom stereocenters. The Bertz CT molecular complexity index is 809. The summed E-state index contributed by atoms with van der Waals surface area (Å²) in [6, 6.07) is 11.1. The smallest absolute Gasteiger partial charge is 0.249 e. The van der Waals surface area contributed by atoms with Crippen LogP contribution in [0.2, 0.25) is 0 Å². The Kier molecular flexibility index (Phi) is 3.30. The number of thioether (sulfide) groups is 1.